The second-order valence-electron chi connectivity index (χ2n) is 2.72. The molecular formula is C6H15NaO6S4. The fourth-order valence-corrected chi connectivity index (χ4v) is 1.74. The van der Waals surface area contributed by atoms with E-state index in [9.17, 15) is 21.4 Å². The molecule has 11 heteroatoms. The first-order valence-electron chi connectivity index (χ1n) is 4.23. The quantitative estimate of drug-likeness (QED) is 0.289. The van der Waals surface area contributed by atoms with Gasteiger partial charge >= 0.3 is 29.6 Å². The Hall–Kier alpha value is 1.52. The van der Waals surface area contributed by atoms with E-state index in [0.717, 1.165) is 0 Å². The van der Waals surface area contributed by atoms with Gasteiger partial charge in [-0.2, -0.15) is 33.7 Å². The van der Waals surface area contributed by atoms with Gasteiger partial charge in [0.15, 0.2) is 0 Å². The van der Waals surface area contributed by atoms with Crippen LogP contribution in [-0.4, -0.2) is 42.0 Å². The molecule has 6 nitrogen and oxygen atoms in total. The molecule has 0 aromatic rings. The minimum atomic E-state index is -4.14. The Labute approximate surface area is 136 Å². The van der Waals surface area contributed by atoms with Crippen molar-refractivity contribution in [3.05, 3.63) is 0 Å². The monoisotopic (exact) mass is 334 g/mol. The molecule has 1 atom stereocenters. The molecule has 0 amide bonds. The van der Waals surface area contributed by atoms with Gasteiger partial charge in [0.05, 0.1) is 10.3 Å². The van der Waals surface area contributed by atoms with Gasteiger partial charge in [-0.1, -0.05) is 6.92 Å². The molecule has 0 spiro atoms. The predicted molar refractivity (Wildman–Crippen MR) is 67.6 cm³/mol. The average molecular weight is 334 g/mol. The first-order chi connectivity index (χ1) is 7.04. The summed E-state index contributed by atoms with van der Waals surface area (Å²) in [4.78, 5) is 0. The Bertz CT molecular complexity index is 364. The SMILES string of the molecule is CCC(S)S(=O)(=O)[O-].O=S(=O)(O)CCCS.[Na+]. The summed E-state index contributed by atoms with van der Waals surface area (Å²) in [6.07, 6.45) is 0.664. The van der Waals surface area contributed by atoms with Crippen molar-refractivity contribution in [1.29, 1.82) is 0 Å². The molecule has 0 radical (unpaired) electrons. The molecule has 0 heterocycles. The first kappa shape index (κ1) is 23.6. The van der Waals surface area contributed by atoms with Crippen molar-refractivity contribution in [1.82, 2.24) is 0 Å². The van der Waals surface area contributed by atoms with Gasteiger partial charge < -0.3 is 4.55 Å². The van der Waals surface area contributed by atoms with Crippen LogP contribution in [0.3, 0.4) is 0 Å². The van der Waals surface area contributed by atoms with E-state index in [1.807, 2.05) is 0 Å². The molecule has 0 fully saturated rings. The maximum absolute atomic E-state index is 9.93. The van der Waals surface area contributed by atoms with E-state index in [4.69, 9.17) is 4.55 Å². The van der Waals surface area contributed by atoms with Gasteiger partial charge in [-0.15, -0.1) is 0 Å². The summed E-state index contributed by atoms with van der Waals surface area (Å²) in [5.74, 6) is 0.302. The third kappa shape index (κ3) is 20.0. The number of hydrogen-bond donors (Lipinski definition) is 3. The van der Waals surface area contributed by atoms with Crippen LogP contribution in [0.15, 0.2) is 0 Å². The topological polar surface area (TPSA) is 112 Å². The summed E-state index contributed by atoms with van der Waals surface area (Å²) in [6.45, 7) is 1.59. The molecule has 0 aliphatic rings. The Morgan fingerprint density at radius 1 is 1.29 bits per heavy atom. The zero-order chi connectivity index (χ0) is 13.4. The maximum Gasteiger partial charge on any atom is 1.00 e. The smallest absolute Gasteiger partial charge is 0.747 e. The van der Waals surface area contributed by atoms with Gasteiger partial charge in [-0.3, -0.25) is 4.55 Å². The summed E-state index contributed by atoms with van der Waals surface area (Å²) in [7, 11) is -7.87. The van der Waals surface area contributed by atoms with Crippen molar-refractivity contribution >= 4 is 45.5 Å². The van der Waals surface area contributed by atoms with Crippen LogP contribution in [0.2, 0.25) is 0 Å². The van der Waals surface area contributed by atoms with Crippen LogP contribution in [-0.2, 0) is 20.2 Å². The first-order valence-corrected chi connectivity index (χ1v) is 8.46. The normalized spacial score (nSPS) is 13.0. The number of hydrogen-bond acceptors (Lipinski definition) is 7. The molecular weight excluding hydrogens is 319 g/mol. The Morgan fingerprint density at radius 3 is 1.76 bits per heavy atom. The number of rotatable bonds is 5. The van der Waals surface area contributed by atoms with Crippen LogP contribution in [0.1, 0.15) is 19.8 Å². The molecule has 0 aliphatic carbocycles. The van der Waals surface area contributed by atoms with Gasteiger partial charge in [0.2, 0.25) is 0 Å². The van der Waals surface area contributed by atoms with E-state index in [-0.39, 0.29) is 41.7 Å². The molecule has 0 aliphatic heterocycles. The molecule has 17 heavy (non-hydrogen) atoms. The second-order valence-corrected chi connectivity index (χ2v) is 7.27. The van der Waals surface area contributed by atoms with Crippen LogP contribution in [0.25, 0.3) is 0 Å². The molecule has 0 bridgehead atoms. The van der Waals surface area contributed by atoms with Crippen LogP contribution < -0.4 is 29.6 Å². The van der Waals surface area contributed by atoms with Gasteiger partial charge in [-0.05, 0) is 18.6 Å². The van der Waals surface area contributed by atoms with Crippen molar-refractivity contribution in [2.45, 2.75) is 24.3 Å². The third-order valence-electron chi connectivity index (χ3n) is 1.24. The van der Waals surface area contributed by atoms with E-state index in [0.29, 0.717) is 12.2 Å². The van der Waals surface area contributed by atoms with Crippen molar-refractivity contribution < 1.29 is 55.5 Å². The minimum absolute atomic E-state index is 0. The van der Waals surface area contributed by atoms with Gasteiger partial charge in [0, 0.05) is 0 Å². The summed E-state index contributed by atoms with van der Waals surface area (Å²) < 4.78 is 56.7. The molecule has 0 aromatic heterocycles. The molecule has 0 rings (SSSR count). The van der Waals surface area contributed by atoms with E-state index >= 15 is 0 Å². The van der Waals surface area contributed by atoms with E-state index < -0.39 is 24.8 Å². The minimum Gasteiger partial charge on any atom is -0.747 e. The molecule has 1 unspecified atom stereocenters. The zero-order valence-electron chi connectivity index (χ0n) is 9.61. The van der Waals surface area contributed by atoms with E-state index in [1.165, 1.54) is 0 Å². The molecule has 0 saturated carbocycles. The summed E-state index contributed by atoms with van der Waals surface area (Å²) >= 11 is 7.27. The van der Waals surface area contributed by atoms with E-state index in [1.54, 1.807) is 6.92 Å². The van der Waals surface area contributed by atoms with Crippen LogP contribution in [0, 0.1) is 0 Å². The molecule has 1 N–H and O–H groups in total. The van der Waals surface area contributed by atoms with Gasteiger partial charge in [-0.25, -0.2) is 8.42 Å². The summed E-state index contributed by atoms with van der Waals surface area (Å²) in [6, 6.07) is 0. The Morgan fingerprint density at radius 2 is 1.71 bits per heavy atom. The van der Waals surface area contributed by atoms with Crippen LogP contribution in [0.5, 0.6) is 0 Å². The van der Waals surface area contributed by atoms with Crippen LogP contribution >= 0.6 is 25.3 Å². The standard InChI is InChI=1S/2C3H8O3S2.Na/c1-2-3(7)8(4,5)6;4-8(5,6)3-1-2-7;/h3,7H,2H2,1H3,(H,4,5,6);7H,1-3H2,(H,4,5,6);/q;;+1/p-1. The van der Waals surface area contributed by atoms with Gasteiger partial charge in [0.25, 0.3) is 10.1 Å². The molecule has 0 aromatic carbocycles. The fraction of sp³-hybridized carbons (Fsp3) is 1.00. The molecule has 0 saturated heterocycles. The predicted octanol–water partition coefficient (Wildman–Crippen LogP) is -2.60. The zero-order valence-corrected chi connectivity index (χ0v) is 15.0. The Kier molecular flexibility index (Phi) is 15.8. The third-order valence-corrected chi connectivity index (χ3v) is 4.50. The largest absolute Gasteiger partial charge is 1.00 e. The van der Waals surface area contributed by atoms with Crippen molar-refractivity contribution in [3.63, 3.8) is 0 Å². The Balaban J connectivity index is -0.000000218. The van der Waals surface area contributed by atoms with Crippen molar-refractivity contribution in [2.24, 2.45) is 0 Å². The fourth-order valence-electron chi connectivity index (χ4n) is 0.451. The van der Waals surface area contributed by atoms with Crippen LogP contribution in [0.4, 0.5) is 0 Å². The van der Waals surface area contributed by atoms with Gasteiger partial charge in [0.1, 0.15) is 10.1 Å². The second kappa shape index (κ2) is 11.4. The number of thiol groups is 2. The van der Waals surface area contributed by atoms with Crippen molar-refractivity contribution in [2.75, 3.05) is 11.5 Å². The average Bonchev–Trinajstić information content (AvgIpc) is 2.11. The van der Waals surface area contributed by atoms with E-state index in [2.05, 4.69) is 25.3 Å². The van der Waals surface area contributed by atoms with Crippen molar-refractivity contribution in [3.8, 4) is 0 Å². The maximum atomic E-state index is 9.93. The summed E-state index contributed by atoms with van der Waals surface area (Å²) in [5.41, 5.74) is 0. The summed E-state index contributed by atoms with van der Waals surface area (Å²) in [5, 5.41) is 0. The molecule has 100 valence electrons.